The number of carbonyl (C=O) groups excluding carboxylic acids is 2. The fourth-order valence-corrected chi connectivity index (χ4v) is 2.13. The van der Waals surface area contributed by atoms with Crippen LogP contribution >= 0.6 is 0 Å². The molecule has 2 rings (SSSR count). The van der Waals surface area contributed by atoms with Crippen molar-refractivity contribution in [3.63, 3.8) is 0 Å². The van der Waals surface area contributed by atoms with E-state index in [0.29, 0.717) is 30.8 Å². The third kappa shape index (κ3) is 5.56. The predicted octanol–water partition coefficient (Wildman–Crippen LogP) is 1.20. The molecule has 7 nitrogen and oxygen atoms in total. The molecular formula is C18H21N3O4. The lowest BCUT2D eigenvalue weighted by molar-refractivity contribution is -0.123. The van der Waals surface area contributed by atoms with E-state index in [1.54, 1.807) is 24.3 Å². The van der Waals surface area contributed by atoms with E-state index in [1.165, 1.54) is 23.9 Å². The summed E-state index contributed by atoms with van der Waals surface area (Å²) >= 11 is 0. The molecule has 1 N–H and O–H groups in total. The summed E-state index contributed by atoms with van der Waals surface area (Å²) in [6.07, 6.45) is 2.19. The van der Waals surface area contributed by atoms with Crippen molar-refractivity contribution < 1.29 is 14.3 Å². The zero-order chi connectivity index (χ0) is 18.2. The second kappa shape index (κ2) is 8.77. The van der Waals surface area contributed by atoms with Gasteiger partial charge in [0, 0.05) is 30.4 Å². The molecule has 1 aromatic carbocycles. The number of ketones is 1. The van der Waals surface area contributed by atoms with Crippen molar-refractivity contribution >= 4 is 11.7 Å². The molecule has 132 valence electrons. The van der Waals surface area contributed by atoms with Crippen LogP contribution in [0.15, 0.2) is 41.5 Å². The van der Waals surface area contributed by atoms with Gasteiger partial charge < -0.3 is 10.1 Å². The van der Waals surface area contributed by atoms with Crippen molar-refractivity contribution in [2.75, 3.05) is 13.2 Å². The Morgan fingerprint density at radius 3 is 2.56 bits per heavy atom. The fourth-order valence-electron chi connectivity index (χ4n) is 2.13. The Labute approximate surface area is 145 Å². The standard InChI is InChI=1S/C18H21N3O4/c1-3-15-10-18(24)21(12-20-15)9-8-19-17(23)11-25-16-6-4-14(5-7-16)13(2)22/h4-7,10,12H,3,8-9,11H2,1-2H3,(H,19,23). The Morgan fingerprint density at radius 2 is 1.96 bits per heavy atom. The molecule has 2 aromatic rings. The van der Waals surface area contributed by atoms with Crippen molar-refractivity contribution in [3.05, 3.63) is 58.3 Å². The maximum Gasteiger partial charge on any atom is 0.258 e. The highest BCUT2D eigenvalue weighted by Gasteiger charge is 2.05. The molecule has 0 bridgehead atoms. The van der Waals surface area contributed by atoms with Crippen molar-refractivity contribution in [3.8, 4) is 5.75 Å². The lowest BCUT2D eigenvalue weighted by atomic mass is 10.1. The average Bonchev–Trinajstić information content (AvgIpc) is 2.61. The predicted molar refractivity (Wildman–Crippen MR) is 92.8 cm³/mol. The highest BCUT2D eigenvalue weighted by molar-refractivity contribution is 5.94. The molecule has 0 aliphatic carbocycles. The highest BCUT2D eigenvalue weighted by atomic mass is 16.5. The maximum absolute atomic E-state index is 11.8. The molecule has 0 aliphatic heterocycles. The first-order valence-electron chi connectivity index (χ1n) is 8.05. The summed E-state index contributed by atoms with van der Waals surface area (Å²) in [5, 5.41) is 2.68. The summed E-state index contributed by atoms with van der Waals surface area (Å²) in [5.74, 6) is 0.193. The van der Waals surface area contributed by atoms with Crippen LogP contribution in [0.4, 0.5) is 0 Å². The Bertz CT molecular complexity index is 797. The fraction of sp³-hybridized carbons (Fsp3) is 0.333. The first-order chi connectivity index (χ1) is 12.0. The zero-order valence-corrected chi connectivity index (χ0v) is 14.3. The summed E-state index contributed by atoms with van der Waals surface area (Å²) in [6, 6.07) is 8.08. The molecule has 0 fully saturated rings. The minimum absolute atomic E-state index is 0.0269. The van der Waals surface area contributed by atoms with Crippen LogP contribution in [0.25, 0.3) is 0 Å². The van der Waals surface area contributed by atoms with E-state index in [-0.39, 0.29) is 23.9 Å². The molecule has 25 heavy (non-hydrogen) atoms. The number of amides is 1. The van der Waals surface area contributed by atoms with E-state index in [0.717, 1.165) is 5.69 Å². The monoisotopic (exact) mass is 343 g/mol. The zero-order valence-electron chi connectivity index (χ0n) is 14.3. The Morgan fingerprint density at radius 1 is 1.24 bits per heavy atom. The molecule has 0 atom stereocenters. The number of hydrogen-bond acceptors (Lipinski definition) is 5. The molecule has 0 saturated carbocycles. The lowest BCUT2D eigenvalue weighted by Crippen LogP contribution is -2.33. The molecule has 7 heteroatoms. The van der Waals surface area contributed by atoms with Gasteiger partial charge in [0.25, 0.3) is 11.5 Å². The lowest BCUT2D eigenvalue weighted by Gasteiger charge is -2.09. The molecule has 1 aromatic heterocycles. The minimum Gasteiger partial charge on any atom is -0.484 e. The van der Waals surface area contributed by atoms with Gasteiger partial charge in [0.2, 0.25) is 0 Å². The van der Waals surface area contributed by atoms with Crippen molar-refractivity contribution in [1.29, 1.82) is 0 Å². The van der Waals surface area contributed by atoms with Gasteiger partial charge in [-0.3, -0.25) is 19.0 Å². The van der Waals surface area contributed by atoms with E-state index in [2.05, 4.69) is 10.3 Å². The maximum atomic E-state index is 11.8. The van der Waals surface area contributed by atoms with Gasteiger partial charge in [-0.1, -0.05) is 6.92 Å². The van der Waals surface area contributed by atoms with Crippen molar-refractivity contribution in [1.82, 2.24) is 14.9 Å². The van der Waals surface area contributed by atoms with E-state index in [1.807, 2.05) is 6.92 Å². The van der Waals surface area contributed by atoms with Crippen LogP contribution in [-0.2, 0) is 17.8 Å². The van der Waals surface area contributed by atoms with Crippen LogP contribution in [0.5, 0.6) is 5.75 Å². The SMILES string of the molecule is CCc1cc(=O)n(CCNC(=O)COc2ccc(C(C)=O)cc2)cn1. The largest absolute Gasteiger partial charge is 0.484 e. The van der Waals surface area contributed by atoms with Gasteiger partial charge in [-0.25, -0.2) is 4.98 Å². The Hall–Kier alpha value is -2.96. The highest BCUT2D eigenvalue weighted by Crippen LogP contribution is 2.12. The van der Waals surface area contributed by atoms with Crippen molar-refractivity contribution in [2.45, 2.75) is 26.8 Å². The number of ether oxygens (including phenoxy) is 1. The normalized spacial score (nSPS) is 10.3. The van der Waals surface area contributed by atoms with Crippen LogP contribution in [0.2, 0.25) is 0 Å². The molecule has 0 spiro atoms. The smallest absolute Gasteiger partial charge is 0.258 e. The van der Waals surface area contributed by atoms with Crippen LogP contribution in [0.3, 0.4) is 0 Å². The van der Waals surface area contributed by atoms with Crippen LogP contribution < -0.4 is 15.6 Å². The quantitative estimate of drug-likeness (QED) is 0.728. The van der Waals surface area contributed by atoms with Crippen molar-refractivity contribution in [2.24, 2.45) is 0 Å². The number of aryl methyl sites for hydroxylation is 1. The molecule has 1 amide bonds. The third-order valence-corrected chi connectivity index (χ3v) is 3.60. The Kier molecular flexibility index (Phi) is 6.45. The van der Waals surface area contributed by atoms with Gasteiger partial charge in [-0.2, -0.15) is 0 Å². The number of aromatic nitrogens is 2. The number of nitrogens with zero attached hydrogens (tertiary/aromatic N) is 2. The number of carbonyl (C=O) groups is 2. The second-order valence-corrected chi connectivity index (χ2v) is 5.48. The number of Topliss-reactive ketones (excluding diaryl/α,β-unsaturated/α-hetero) is 1. The Balaban J connectivity index is 1.75. The van der Waals surface area contributed by atoms with E-state index in [9.17, 15) is 14.4 Å². The van der Waals surface area contributed by atoms with E-state index >= 15 is 0 Å². The number of nitrogens with one attached hydrogen (secondary N) is 1. The van der Waals surface area contributed by atoms with Gasteiger partial charge in [0.05, 0.1) is 6.33 Å². The molecule has 0 saturated heterocycles. The topological polar surface area (TPSA) is 90.3 Å². The molecule has 1 heterocycles. The van der Waals surface area contributed by atoms with Gasteiger partial charge in [0.1, 0.15) is 5.75 Å². The minimum atomic E-state index is -0.290. The molecule has 0 unspecified atom stereocenters. The van der Waals surface area contributed by atoms with E-state index < -0.39 is 0 Å². The summed E-state index contributed by atoms with van der Waals surface area (Å²) in [7, 11) is 0. The average molecular weight is 343 g/mol. The second-order valence-electron chi connectivity index (χ2n) is 5.48. The number of benzene rings is 1. The van der Waals surface area contributed by atoms with Gasteiger partial charge in [0.15, 0.2) is 12.4 Å². The first kappa shape index (κ1) is 18.4. The van der Waals surface area contributed by atoms with Crippen LogP contribution in [-0.4, -0.2) is 34.4 Å². The molecule has 0 radical (unpaired) electrons. The first-order valence-corrected chi connectivity index (χ1v) is 8.05. The van der Waals surface area contributed by atoms with Crippen LogP contribution in [0.1, 0.15) is 29.9 Å². The van der Waals surface area contributed by atoms with Gasteiger partial charge in [-0.05, 0) is 37.6 Å². The summed E-state index contributed by atoms with van der Waals surface area (Å²) in [4.78, 5) is 38.9. The number of hydrogen-bond donors (Lipinski definition) is 1. The van der Waals surface area contributed by atoms with E-state index in [4.69, 9.17) is 4.74 Å². The van der Waals surface area contributed by atoms with Gasteiger partial charge in [-0.15, -0.1) is 0 Å². The molecule has 0 aliphatic rings. The van der Waals surface area contributed by atoms with Gasteiger partial charge >= 0.3 is 0 Å². The molecular weight excluding hydrogens is 322 g/mol. The van der Waals surface area contributed by atoms with Crippen LogP contribution in [0, 0.1) is 0 Å². The summed E-state index contributed by atoms with van der Waals surface area (Å²) in [6.45, 7) is 3.93. The summed E-state index contributed by atoms with van der Waals surface area (Å²) < 4.78 is 6.80. The summed E-state index contributed by atoms with van der Waals surface area (Å²) in [5.41, 5.74) is 1.20. The third-order valence-electron chi connectivity index (χ3n) is 3.60. The number of rotatable bonds is 8.